The highest BCUT2D eigenvalue weighted by Gasteiger charge is 2.45. The zero-order chi connectivity index (χ0) is 18.4. The Labute approximate surface area is 177 Å². The maximum absolute atomic E-state index is 14.1. The Bertz CT molecular complexity index is 750. The number of guanidine groups is 1. The average Bonchev–Trinajstić information content (AvgIpc) is 3.47. The summed E-state index contributed by atoms with van der Waals surface area (Å²) in [6.07, 6.45) is 1.95. The first kappa shape index (κ1) is 21.6. The summed E-state index contributed by atoms with van der Waals surface area (Å²) in [5.41, 5.74) is 1.72. The lowest BCUT2D eigenvalue weighted by Gasteiger charge is -2.21. The van der Waals surface area contributed by atoms with E-state index in [0.29, 0.717) is 19.0 Å². The lowest BCUT2D eigenvalue weighted by molar-refractivity contribution is 0.265. The number of aliphatic hydroxyl groups is 1. The minimum absolute atomic E-state index is 0. The van der Waals surface area contributed by atoms with Gasteiger partial charge >= 0.3 is 0 Å². The zero-order valence-corrected chi connectivity index (χ0v) is 17.8. The molecule has 3 rings (SSSR count). The van der Waals surface area contributed by atoms with Crippen molar-refractivity contribution in [2.45, 2.75) is 24.2 Å². The van der Waals surface area contributed by atoms with Crippen LogP contribution >= 0.6 is 24.0 Å². The van der Waals surface area contributed by atoms with E-state index in [9.17, 15) is 9.50 Å². The molecular formula is C21H27FIN3O. The Morgan fingerprint density at radius 2 is 1.78 bits per heavy atom. The smallest absolute Gasteiger partial charge is 0.191 e. The van der Waals surface area contributed by atoms with Crippen molar-refractivity contribution in [3.8, 4) is 0 Å². The summed E-state index contributed by atoms with van der Waals surface area (Å²) in [6, 6.07) is 16.9. The number of nitrogens with one attached hydrogen (secondary N) is 2. The van der Waals surface area contributed by atoms with Crippen molar-refractivity contribution in [1.29, 1.82) is 0 Å². The van der Waals surface area contributed by atoms with Gasteiger partial charge < -0.3 is 15.7 Å². The van der Waals surface area contributed by atoms with E-state index < -0.39 is 0 Å². The van der Waals surface area contributed by atoms with Gasteiger partial charge in [0.1, 0.15) is 5.82 Å². The standard InChI is InChI=1S/C21H26FN3O.HI/c1-23-20(24-13-17(14-26)16-7-3-2-4-8-16)25-15-21(11-12-21)18-9-5-6-10-19(18)22;/h2-10,17,26H,11-15H2,1H3,(H2,23,24,25);1H. The third-order valence-electron chi connectivity index (χ3n) is 5.12. The number of aliphatic imine (C=N–C) groups is 1. The van der Waals surface area contributed by atoms with Crippen molar-refractivity contribution in [3.63, 3.8) is 0 Å². The predicted molar refractivity (Wildman–Crippen MR) is 118 cm³/mol. The highest BCUT2D eigenvalue weighted by molar-refractivity contribution is 14.0. The Hall–Kier alpha value is -1.67. The minimum Gasteiger partial charge on any atom is -0.396 e. The summed E-state index contributed by atoms with van der Waals surface area (Å²) in [5.74, 6) is 0.525. The molecule has 1 aliphatic carbocycles. The number of benzene rings is 2. The summed E-state index contributed by atoms with van der Waals surface area (Å²) in [5, 5.41) is 16.3. The van der Waals surface area contributed by atoms with Gasteiger partial charge in [-0.15, -0.1) is 24.0 Å². The molecule has 1 fully saturated rings. The van der Waals surface area contributed by atoms with Crippen molar-refractivity contribution in [3.05, 3.63) is 71.5 Å². The van der Waals surface area contributed by atoms with Crippen LogP contribution in [0.4, 0.5) is 4.39 Å². The van der Waals surface area contributed by atoms with E-state index >= 15 is 0 Å². The Balaban J connectivity index is 0.00000261. The van der Waals surface area contributed by atoms with E-state index in [-0.39, 0.29) is 47.7 Å². The molecule has 1 saturated carbocycles. The summed E-state index contributed by atoms with van der Waals surface area (Å²) in [4.78, 5) is 4.25. The van der Waals surface area contributed by atoms with Gasteiger partial charge in [0.05, 0.1) is 6.61 Å². The molecule has 1 atom stereocenters. The van der Waals surface area contributed by atoms with E-state index in [1.54, 1.807) is 13.1 Å². The van der Waals surface area contributed by atoms with Gasteiger partial charge in [0.25, 0.3) is 0 Å². The Morgan fingerprint density at radius 1 is 1.11 bits per heavy atom. The second kappa shape index (κ2) is 10.0. The van der Waals surface area contributed by atoms with E-state index in [1.807, 2.05) is 42.5 Å². The van der Waals surface area contributed by atoms with Crippen molar-refractivity contribution in [2.24, 2.45) is 4.99 Å². The van der Waals surface area contributed by atoms with Crippen LogP contribution in [0.3, 0.4) is 0 Å². The van der Waals surface area contributed by atoms with Gasteiger partial charge in [-0.1, -0.05) is 48.5 Å². The molecule has 0 radical (unpaired) electrons. The zero-order valence-electron chi connectivity index (χ0n) is 15.5. The summed E-state index contributed by atoms with van der Waals surface area (Å²) >= 11 is 0. The van der Waals surface area contributed by atoms with Crippen LogP contribution in [0.5, 0.6) is 0 Å². The van der Waals surface area contributed by atoms with Gasteiger partial charge in [0.15, 0.2) is 5.96 Å². The SMILES string of the molecule is CN=C(NCC(CO)c1ccccc1)NCC1(c2ccccc2F)CC1.I. The van der Waals surface area contributed by atoms with Crippen LogP contribution in [0.25, 0.3) is 0 Å². The molecule has 3 N–H and O–H groups in total. The topological polar surface area (TPSA) is 56.7 Å². The number of hydrogen-bond donors (Lipinski definition) is 3. The number of aliphatic hydroxyl groups excluding tert-OH is 1. The molecule has 1 unspecified atom stereocenters. The first-order chi connectivity index (χ1) is 12.7. The van der Waals surface area contributed by atoms with Crippen LogP contribution in [-0.4, -0.2) is 37.8 Å². The second-order valence-corrected chi connectivity index (χ2v) is 6.86. The highest BCUT2D eigenvalue weighted by Crippen LogP contribution is 2.48. The van der Waals surface area contributed by atoms with Crippen LogP contribution in [0, 0.1) is 5.82 Å². The van der Waals surface area contributed by atoms with Gasteiger partial charge in [-0.25, -0.2) is 4.39 Å². The molecule has 0 aromatic heterocycles. The van der Waals surface area contributed by atoms with Crippen molar-refractivity contribution >= 4 is 29.9 Å². The predicted octanol–water partition coefficient (Wildman–Crippen LogP) is 3.42. The van der Waals surface area contributed by atoms with Crippen LogP contribution in [0.2, 0.25) is 0 Å². The van der Waals surface area contributed by atoms with Gasteiger partial charge in [-0.2, -0.15) is 0 Å². The van der Waals surface area contributed by atoms with E-state index in [4.69, 9.17) is 0 Å². The first-order valence-electron chi connectivity index (χ1n) is 9.04. The minimum atomic E-state index is -0.140. The van der Waals surface area contributed by atoms with Gasteiger partial charge in [-0.3, -0.25) is 4.99 Å². The number of rotatable bonds is 7. The lowest BCUT2D eigenvalue weighted by Crippen LogP contribution is -2.43. The van der Waals surface area contributed by atoms with E-state index in [0.717, 1.165) is 24.0 Å². The normalized spacial score (nSPS) is 16.2. The van der Waals surface area contributed by atoms with Crippen molar-refractivity contribution in [1.82, 2.24) is 10.6 Å². The van der Waals surface area contributed by atoms with E-state index in [1.165, 1.54) is 6.07 Å². The second-order valence-electron chi connectivity index (χ2n) is 6.86. The van der Waals surface area contributed by atoms with Crippen molar-refractivity contribution in [2.75, 3.05) is 26.7 Å². The van der Waals surface area contributed by atoms with E-state index in [2.05, 4.69) is 15.6 Å². The van der Waals surface area contributed by atoms with Crippen molar-refractivity contribution < 1.29 is 9.50 Å². The molecule has 0 bridgehead atoms. The van der Waals surface area contributed by atoms with Crippen LogP contribution in [-0.2, 0) is 5.41 Å². The Morgan fingerprint density at radius 3 is 2.37 bits per heavy atom. The molecule has 4 nitrogen and oxygen atoms in total. The third-order valence-corrected chi connectivity index (χ3v) is 5.12. The molecule has 0 heterocycles. The van der Waals surface area contributed by atoms with Gasteiger partial charge in [-0.05, 0) is 30.0 Å². The fourth-order valence-electron chi connectivity index (χ4n) is 3.29. The fourth-order valence-corrected chi connectivity index (χ4v) is 3.29. The maximum Gasteiger partial charge on any atom is 0.191 e. The van der Waals surface area contributed by atoms with Gasteiger partial charge in [0, 0.05) is 31.5 Å². The molecule has 27 heavy (non-hydrogen) atoms. The van der Waals surface area contributed by atoms with Crippen LogP contribution in [0.15, 0.2) is 59.6 Å². The first-order valence-corrected chi connectivity index (χ1v) is 9.04. The fraction of sp³-hybridized carbons (Fsp3) is 0.381. The molecule has 0 amide bonds. The summed E-state index contributed by atoms with van der Waals surface area (Å²) < 4.78 is 14.1. The van der Waals surface area contributed by atoms with Crippen LogP contribution in [0.1, 0.15) is 29.9 Å². The lowest BCUT2D eigenvalue weighted by atomic mass is 9.95. The molecule has 0 saturated heterocycles. The average molecular weight is 483 g/mol. The molecule has 146 valence electrons. The quantitative estimate of drug-likeness (QED) is 0.322. The molecule has 6 heteroatoms. The molecule has 0 aliphatic heterocycles. The Kier molecular flexibility index (Phi) is 8.04. The molecule has 0 spiro atoms. The summed E-state index contributed by atoms with van der Waals surface area (Å²) in [7, 11) is 1.72. The molecule has 2 aromatic rings. The molecule has 1 aliphatic rings. The van der Waals surface area contributed by atoms with Gasteiger partial charge in [0.2, 0.25) is 0 Å². The molecule has 2 aromatic carbocycles. The monoisotopic (exact) mass is 483 g/mol. The number of hydrogen-bond acceptors (Lipinski definition) is 2. The number of nitrogens with zero attached hydrogens (tertiary/aromatic N) is 1. The summed E-state index contributed by atoms with van der Waals surface area (Å²) in [6.45, 7) is 1.28. The largest absolute Gasteiger partial charge is 0.396 e. The highest BCUT2D eigenvalue weighted by atomic mass is 127. The molecular weight excluding hydrogens is 456 g/mol. The van der Waals surface area contributed by atoms with Crippen LogP contribution < -0.4 is 10.6 Å². The third kappa shape index (κ3) is 5.42. The number of halogens is 2. The maximum atomic E-state index is 14.1.